The monoisotopic (exact) mass is 2100 g/mol. The van der Waals surface area contributed by atoms with Crippen LogP contribution >= 0.6 is 57.5 Å². The fourth-order valence-corrected chi connectivity index (χ4v) is 18.8. The molecule has 766 valence electrons. The zero-order valence-electron chi connectivity index (χ0n) is 78.8. The number of thiophene rings is 2. The van der Waals surface area contributed by atoms with E-state index in [-0.39, 0.29) is 155 Å². The normalized spacial score (nSPS) is 19.5. The van der Waals surface area contributed by atoms with Gasteiger partial charge in [0.1, 0.15) is 52.0 Å². The highest BCUT2D eigenvalue weighted by atomic mass is 35.5. The Balaban J connectivity index is 0.000000126. The summed E-state index contributed by atoms with van der Waals surface area (Å²) in [5, 5.41) is 15.7. The molecule has 0 spiro atoms. The minimum Gasteiger partial charge on any atom is -0.443 e. The average molecular weight is 2110 g/mol. The van der Waals surface area contributed by atoms with Gasteiger partial charge in [-0.2, -0.15) is 0 Å². The van der Waals surface area contributed by atoms with Crippen molar-refractivity contribution < 1.29 is 120 Å². The van der Waals surface area contributed by atoms with Crippen LogP contribution in [0.1, 0.15) is 81.5 Å². The number of benzene rings is 8. The summed E-state index contributed by atoms with van der Waals surface area (Å²) in [6.45, 7) is 9.52. The van der Waals surface area contributed by atoms with Gasteiger partial charge < -0.3 is 99.2 Å². The predicted molar refractivity (Wildman–Crippen MR) is 545 cm³/mol. The minimum absolute atomic E-state index is 0.000946. The van der Waals surface area contributed by atoms with Crippen LogP contribution < -0.4 is 61.3 Å². The van der Waals surface area contributed by atoms with Crippen molar-refractivity contribution in [1.29, 1.82) is 0 Å². The number of nitrogen functional groups attached to an aromatic ring is 1. The number of β-amino-alcohol motifs (C(OH)–C–C–N with tert-alkyl or cyclic N) is 1. The van der Waals surface area contributed by atoms with E-state index >= 15 is 0 Å². The quantitative estimate of drug-likeness (QED) is 0.0182. The Morgan fingerprint density at radius 3 is 1.05 bits per heavy atom. The molecule has 0 radical (unpaired) electrons. The number of rotatable bonds is 22. The Morgan fingerprint density at radius 1 is 0.388 bits per heavy atom. The molecule has 40 nitrogen and oxygen atoms in total. The number of epoxide rings is 1. The van der Waals surface area contributed by atoms with Crippen LogP contribution in [0.5, 0.6) is 0 Å². The van der Waals surface area contributed by atoms with Crippen molar-refractivity contribution >= 4 is 203 Å². The van der Waals surface area contributed by atoms with Crippen LogP contribution in [-0.4, -0.2) is 310 Å². The van der Waals surface area contributed by atoms with Gasteiger partial charge in [0.15, 0.2) is 0 Å². The molecule has 12 aliphatic heterocycles. The molecular formula is C102H100Cl3N15O25S2. The number of morpholine rings is 5. The molecule has 12 aliphatic rings. The lowest BCUT2D eigenvalue weighted by atomic mass is 10.1. The van der Waals surface area contributed by atoms with E-state index in [4.69, 9.17) is 88.9 Å². The van der Waals surface area contributed by atoms with Crippen LogP contribution in [0.15, 0.2) is 218 Å². The van der Waals surface area contributed by atoms with Crippen molar-refractivity contribution in [1.82, 2.24) is 20.0 Å². The van der Waals surface area contributed by atoms with Gasteiger partial charge in [-0.3, -0.25) is 86.8 Å². The third-order valence-corrected chi connectivity index (χ3v) is 27.3. The third kappa shape index (κ3) is 26.3. The smallest absolute Gasteiger partial charge is 0.414 e. The fourth-order valence-electron chi connectivity index (χ4n) is 16.8. The summed E-state index contributed by atoms with van der Waals surface area (Å²) < 4.78 is 48.0. The Hall–Kier alpha value is -14.5. The number of aliphatic hydroxyl groups is 1. The van der Waals surface area contributed by atoms with Gasteiger partial charge in [0.25, 0.3) is 76.1 Å². The number of amides is 14. The number of anilines is 10. The van der Waals surface area contributed by atoms with E-state index < -0.39 is 23.5 Å². The molecule has 8 aromatic carbocycles. The van der Waals surface area contributed by atoms with Crippen molar-refractivity contribution in [2.75, 3.05) is 221 Å². The number of carbonyl (C=O) groups excluding carboxylic acids is 15. The van der Waals surface area contributed by atoms with Crippen LogP contribution in [-0.2, 0) is 66.6 Å². The highest BCUT2D eigenvalue weighted by Gasteiger charge is 2.43. The molecule has 0 aliphatic carbocycles. The van der Waals surface area contributed by atoms with Crippen LogP contribution in [0, 0.1) is 0 Å². The number of cyclic esters (lactones) is 2. The zero-order chi connectivity index (χ0) is 103. The number of fused-ring (bicyclic) bond motifs is 3. The van der Waals surface area contributed by atoms with Crippen molar-refractivity contribution in [2.24, 2.45) is 5.73 Å². The number of ether oxygens (including phenoxy) is 9. The Kier molecular flexibility index (Phi) is 35.2. The topological polar surface area (TPSA) is 474 Å². The predicted octanol–water partition coefficient (Wildman–Crippen LogP) is 9.58. The lowest BCUT2D eigenvalue weighted by molar-refractivity contribution is -0.126. The van der Waals surface area contributed by atoms with E-state index in [0.29, 0.717) is 175 Å². The fraction of sp³-hybridized carbons (Fsp3) is 0.304. The number of hydrogen-bond acceptors (Lipinski definition) is 31. The second-order valence-corrected chi connectivity index (χ2v) is 38.0. The summed E-state index contributed by atoms with van der Waals surface area (Å²) >= 11 is 18.9. The largest absolute Gasteiger partial charge is 0.443 e. The molecule has 10 aromatic rings. The number of halogens is 3. The number of carbonyl (C=O) groups is 15. The van der Waals surface area contributed by atoms with E-state index in [1.165, 1.54) is 37.4 Å². The van der Waals surface area contributed by atoms with Crippen molar-refractivity contribution in [3.63, 3.8) is 0 Å². The van der Waals surface area contributed by atoms with Crippen LogP contribution in [0.4, 0.5) is 66.5 Å². The van der Waals surface area contributed by atoms with Gasteiger partial charge >= 0.3 is 12.2 Å². The highest BCUT2D eigenvalue weighted by Crippen LogP contribution is 2.35. The molecule has 0 saturated carbocycles. The summed E-state index contributed by atoms with van der Waals surface area (Å²) in [6.07, 6.45) is -2.71. The first-order valence-corrected chi connectivity index (χ1v) is 49.4. The van der Waals surface area contributed by atoms with Crippen molar-refractivity contribution in [3.8, 4) is 0 Å². The summed E-state index contributed by atoms with van der Waals surface area (Å²) in [7, 11) is 0. The van der Waals surface area contributed by atoms with E-state index in [9.17, 15) is 77.0 Å². The summed E-state index contributed by atoms with van der Waals surface area (Å²) in [6, 6.07) is 63.6. The molecule has 14 amide bonds. The van der Waals surface area contributed by atoms with Gasteiger partial charge in [-0.05, 0) is 194 Å². The first-order valence-electron chi connectivity index (χ1n) is 46.7. The number of nitrogens with one attached hydrogen (secondary N) is 2. The molecular weight excluding hydrogens is 2010 g/mol. The SMILES string of the molecule is NC[C@H]1CN(c2ccc(N3CCOCC3=O)cc2)C(=O)O1.Nc1ccc(N2CCOCC2=O)cc1.O=C(Cl)c1ccc(Cl)s1.O=C(NC[C@H]1CN(c2ccc(N3CCOCC3=O)cc2)C(=O)O1)c1ccc(Cl)s1.O=C1c2ccccc2C(=O)N1C[C@H](O)CNc1ccc(N2CCOCC2=O)cc1.O=C1c2ccccc2C(=O)N1C[C@H]1CN(c2ccc(N3CCOCC3=O)cc2)CO1.O=C1c2ccccc2C(=O)N1C[C@H]1CO1. The molecule has 147 heavy (non-hydrogen) atoms. The molecule has 0 bridgehead atoms. The van der Waals surface area contributed by atoms with E-state index in [2.05, 4.69) is 10.6 Å². The average Bonchev–Trinajstić information content (AvgIpc) is 1.63. The highest BCUT2D eigenvalue weighted by molar-refractivity contribution is 7.19. The van der Waals surface area contributed by atoms with Gasteiger partial charge in [-0.15, -0.1) is 22.7 Å². The number of nitrogens with zero attached hydrogens (tertiary/aromatic N) is 11. The summed E-state index contributed by atoms with van der Waals surface area (Å²) in [5.74, 6) is -2.23. The first kappa shape index (κ1) is 105. The van der Waals surface area contributed by atoms with Gasteiger partial charge in [0.05, 0.1) is 149 Å². The molecule has 2 aromatic heterocycles. The minimum atomic E-state index is -0.919. The number of imide groups is 3. The van der Waals surface area contributed by atoms with Gasteiger partial charge in [-0.25, -0.2) is 9.59 Å². The molecule has 45 heteroatoms. The number of nitrogens with two attached hydrogens (primary N) is 2. The van der Waals surface area contributed by atoms with Crippen LogP contribution in [0.25, 0.3) is 0 Å². The molecule has 5 atom stereocenters. The van der Waals surface area contributed by atoms with Crippen LogP contribution in [0.2, 0.25) is 8.67 Å². The molecule has 9 saturated heterocycles. The summed E-state index contributed by atoms with van der Waals surface area (Å²) in [4.78, 5) is 197. The van der Waals surface area contributed by atoms with Crippen LogP contribution in [0.3, 0.4) is 0 Å². The molecule has 0 unspecified atom stereocenters. The molecule has 7 N–H and O–H groups in total. The lowest BCUT2D eigenvalue weighted by Gasteiger charge is -2.27. The van der Waals surface area contributed by atoms with Gasteiger partial charge in [-0.1, -0.05) is 59.6 Å². The van der Waals surface area contributed by atoms with E-state index in [1.54, 1.807) is 175 Å². The number of hydrogen-bond donors (Lipinski definition) is 5. The second kappa shape index (κ2) is 49.1. The van der Waals surface area contributed by atoms with Gasteiger partial charge in [0.2, 0.25) is 0 Å². The maximum absolute atomic E-state index is 12.6. The molecule has 14 heterocycles. The lowest BCUT2D eigenvalue weighted by Crippen LogP contribution is -2.41. The van der Waals surface area contributed by atoms with Crippen molar-refractivity contribution in [3.05, 3.63) is 270 Å². The molecule has 22 rings (SSSR count). The second-order valence-electron chi connectivity index (χ2n) is 34.3. The Morgan fingerprint density at radius 2 is 0.714 bits per heavy atom. The number of aliphatic hydroxyl groups excluding tert-OH is 1. The van der Waals surface area contributed by atoms with E-state index in [1.807, 2.05) is 77.7 Å². The van der Waals surface area contributed by atoms with E-state index in [0.717, 1.165) is 50.4 Å². The van der Waals surface area contributed by atoms with Crippen molar-refractivity contribution in [2.45, 2.75) is 30.5 Å². The van der Waals surface area contributed by atoms with Gasteiger partial charge in [0, 0.05) is 109 Å². The summed E-state index contributed by atoms with van der Waals surface area (Å²) in [5.41, 5.74) is 21.6. The Labute approximate surface area is 864 Å². The zero-order valence-corrected chi connectivity index (χ0v) is 82.7. The third-order valence-electron chi connectivity index (χ3n) is 24.5. The standard InChI is InChI=1S/C22H21N3O5.C21H21N3O5.C19H18ClN3O5S.C14H17N3O4.C11H9NO3.C10H12N2O2.C5H2Cl2OS/c26-20-13-29-10-9-24(20)16-7-5-15(6-8-16)23-11-17(30-14-23)12-25-21(27)18-3-1-2-4-19(18)22(25)28;25-16(12-24-20(27)17-3-1-2-4-18(17)21(24)28)11-22-14-5-7-15(8-6-14)23-9-10-29-13-19(23)26;20-16-6-5-15(29-16)18(25)21-9-14-10-23(19(26)28-14)13-3-1-12(2-4-13)22-7-8-27-11-17(22)24;15-7-12-8-17(14(19)21-12)11-3-1-10(2-4-11)16-5-6-20-9-13(16)18;13-10-8-3-1-2-4-9(8)11(14)12(10)5-7-6-15-7;11-8-1-3-9(4-2-8)12-5-6-14-7-10(12)13;6-4-2-1-3(9-4)5(7)8/h1-8,17H,9-14H2;1-8,16,22,25H,9-13H2;1-6,14H,7-11H2,(H,21,25);1-4,12H,5-9,15H2;1-4,7H,5-6H2;1-4H,5-7,11H2;1-2H/t17-;16-;14-;12-;7-;;/m11000../s1. The maximum Gasteiger partial charge on any atom is 0.414 e. The first-order chi connectivity index (χ1) is 71.1. The molecule has 9 fully saturated rings. The Bertz CT molecular complexity index is 6440. The maximum atomic E-state index is 12.6.